The number of rotatable bonds is 6. The Labute approximate surface area is 117 Å². The minimum Gasteiger partial charge on any atom is -0.504 e. The predicted octanol–water partition coefficient (Wildman–Crippen LogP) is 1.63. The highest BCUT2D eigenvalue weighted by molar-refractivity contribution is 5.98. The van der Waals surface area contributed by atoms with Crippen molar-refractivity contribution < 1.29 is 24.5 Å². The lowest BCUT2D eigenvalue weighted by Crippen LogP contribution is -2.40. The molecule has 1 amide bonds. The van der Waals surface area contributed by atoms with Gasteiger partial charge in [0.2, 0.25) is 0 Å². The topological polar surface area (TPSA) is 95.9 Å². The van der Waals surface area contributed by atoms with Crippen molar-refractivity contribution in [1.82, 2.24) is 5.32 Å². The first-order chi connectivity index (χ1) is 9.36. The third-order valence-corrected chi connectivity index (χ3v) is 2.98. The summed E-state index contributed by atoms with van der Waals surface area (Å²) in [5.41, 5.74) is 0.0559. The van der Waals surface area contributed by atoms with E-state index in [4.69, 9.17) is 9.84 Å². The molecule has 1 rings (SSSR count). The van der Waals surface area contributed by atoms with Crippen molar-refractivity contribution >= 4 is 11.9 Å². The molecule has 0 radical (unpaired) electrons. The second-order valence-electron chi connectivity index (χ2n) is 4.78. The summed E-state index contributed by atoms with van der Waals surface area (Å²) in [6.45, 7) is 3.64. The monoisotopic (exact) mass is 281 g/mol. The summed E-state index contributed by atoms with van der Waals surface area (Å²) in [5, 5.41) is 21.3. The summed E-state index contributed by atoms with van der Waals surface area (Å²) >= 11 is 0. The van der Waals surface area contributed by atoms with Gasteiger partial charge in [-0.2, -0.15) is 0 Å². The van der Waals surface area contributed by atoms with Crippen LogP contribution >= 0.6 is 0 Å². The van der Waals surface area contributed by atoms with E-state index in [2.05, 4.69) is 5.32 Å². The van der Waals surface area contributed by atoms with Crippen molar-refractivity contribution in [3.63, 3.8) is 0 Å². The van der Waals surface area contributed by atoms with Crippen LogP contribution in [0.4, 0.5) is 0 Å². The fourth-order valence-electron chi connectivity index (χ4n) is 1.76. The van der Waals surface area contributed by atoms with Gasteiger partial charge in [0.25, 0.3) is 5.91 Å². The maximum absolute atomic E-state index is 12.1. The molecule has 0 aliphatic heterocycles. The molecule has 1 aromatic carbocycles. The molecule has 0 spiro atoms. The number of hydrogen-bond donors (Lipinski definition) is 3. The first kappa shape index (κ1) is 15.8. The summed E-state index contributed by atoms with van der Waals surface area (Å²) in [6.07, 6.45) is -0.172. The molecule has 1 unspecified atom stereocenters. The van der Waals surface area contributed by atoms with E-state index in [1.165, 1.54) is 19.2 Å². The van der Waals surface area contributed by atoms with Gasteiger partial charge in [0.1, 0.15) is 0 Å². The second-order valence-corrected chi connectivity index (χ2v) is 4.78. The number of aromatic hydroxyl groups is 1. The Morgan fingerprint density at radius 1 is 1.35 bits per heavy atom. The molecule has 6 nitrogen and oxygen atoms in total. The minimum absolute atomic E-state index is 0.0391. The van der Waals surface area contributed by atoms with Crippen LogP contribution in [0.25, 0.3) is 0 Å². The average Bonchev–Trinajstić information content (AvgIpc) is 2.37. The minimum atomic E-state index is -0.987. The van der Waals surface area contributed by atoms with Crippen molar-refractivity contribution in [3.05, 3.63) is 23.8 Å². The summed E-state index contributed by atoms with van der Waals surface area (Å²) in [5.74, 6) is -1.62. The van der Waals surface area contributed by atoms with Crippen LogP contribution in [0.3, 0.4) is 0 Å². The van der Waals surface area contributed by atoms with Gasteiger partial charge in [-0.15, -0.1) is 0 Å². The Morgan fingerprint density at radius 2 is 2.00 bits per heavy atom. The Bertz CT molecular complexity index is 498. The van der Waals surface area contributed by atoms with E-state index < -0.39 is 17.9 Å². The van der Waals surface area contributed by atoms with Gasteiger partial charge >= 0.3 is 5.97 Å². The molecule has 0 aliphatic rings. The molecule has 0 aromatic heterocycles. The van der Waals surface area contributed by atoms with E-state index in [0.717, 1.165) is 0 Å². The third-order valence-electron chi connectivity index (χ3n) is 2.98. The largest absolute Gasteiger partial charge is 0.504 e. The van der Waals surface area contributed by atoms with Crippen molar-refractivity contribution in [2.45, 2.75) is 26.3 Å². The van der Waals surface area contributed by atoms with E-state index in [1.54, 1.807) is 6.07 Å². The summed E-state index contributed by atoms with van der Waals surface area (Å²) in [4.78, 5) is 22.9. The van der Waals surface area contributed by atoms with Gasteiger partial charge in [-0.25, -0.2) is 0 Å². The summed E-state index contributed by atoms with van der Waals surface area (Å²) < 4.78 is 4.93. The van der Waals surface area contributed by atoms with Crippen LogP contribution in [-0.4, -0.2) is 35.2 Å². The van der Waals surface area contributed by atoms with Crippen molar-refractivity contribution in [3.8, 4) is 11.5 Å². The lowest BCUT2D eigenvalue weighted by Gasteiger charge is -2.21. The number of carbonyl (C=O) groups excluding carboxylic acids is 1. The van der Waals surface area contributed by atoms with Crippen LogP contribution in [-0.2, 0) is 4.79 Å². The maximum Gasteiger partial charge on any atom is 0.305 e. The molecule has 0 bridgehead atoms. The zero-order valence-corrected chi connectivity index (χ0v) is 11.7. The summed E-state index contributed by atoms with van der Waals surface area (Å²) in [6, 6.07) is 4.05. The van der Waals surface area contributed by atoms with Crippen molar-refractivity contribution in [2.75, 3.05) is 7.11 Å². The first-order valence-corrected chi connectivity index (χ1v) is 6.25. The number of benzene rings is 1. The number of phenolic OH excluding ortho intramolecular Hbond substituents is 1. The number of carbonyl (C=O) groups is 2. The van der Waals surface area contributed by atoms with Crippen molar-refractivity contribution in [1.29, 1.82) is 0 Å². The summed E-state index contributed by atoms with van der Waals surface area (Å²) in [7, 11) is 1.39. The average molecular weight is 281 g/mol. The Balaban J connectivity index is 2.92. The van der Waals surface area contributed by atoms with E-state index in [0.29, 0.717) is 0 Å². The highest BCUT2D eigenvalue weighted by Crippen LogP contribution is 2.29. The molecule has 1 atom stereocenters. The Hall–Kier alpha value is -2.24. The number of amides is 1. The number of hydrogen-bond acceptors (Lipinski definition) is 4. The highest BCUT2D eigenvalue weighted by Gasteiger charge is 2.22. The first-order valence-electron chi connectivity index (χ1n) is 6.25. The van der Waals surface area contributed by atoms with E-state index >= 15 is 0 Å². The molecule has 0 heterocycles. The van der Waals surface area contributed by atoms with Gasteiger partial charge in [-0.1, -0.05) is 19.9 Å². The van der Waals surface area contributed by atoms with Crippen LogP contribution in [0.2, 0.25) is 0 Å². The fourth-order valence-corrected chi connectivity index (χ4v) is 1.76. The lowest BCUT2D eigenvalue weighted by molar-refractivity contribution is -0.137. The molecule has 0 fully saturated rings. The van der Waals surface area contributed by atoms with E-state index in [1.807, 2.05) is 13.8 Å². The van der Waals surface area contributed by atoms with E-state index in [9.17, 15) is 14.7 Å². The third kappa shape index (κ3) is 3.88. The molecule has 0 aliphatic carbocycles. The molecule has 0 saturated heterocycles. The smallest absolute Gasteiger partial charge is 0.305 e. The normalized spacial score (nSPS) is 12.0. The molecule has 0 saturated carbocycles. The number of phenols is 1. The fraction of sp³-hybridized carbons (Fsp3) is 0.429. The van der Waals surface area contributed by atoms with Crippen LogP contribution in [0.15, 0.2) is 18.2 Å². The molecule has 110 valence electrons. The van der Waals surface area contributed by atoms with Crippen LogP contribution < -0.4 is 10.1 Å². The van der Waals surface area contributed by atoms with Gasteiger partial charge in [-0.05, 0) is 18.1 Å². The van der Waals surface area contributed by atoms with Gasteiger partial charge in [-0.3, -0.25) is 9.59 Å². The Morgan fingerprint density at radius 3 is 2.50 bits per heavy atom. The number of nitrogens with one attached hydrogen (secondary N) is 1. The van der Waals surface area contributed by atoms with Crippen molar-refractivity contribution in [2.24, 2.45) is 5.92 Å². The highest BCUT2D eigenvalue weighted by atomic mass is 16.5. The Kier molecular flexibility index (Phi) is 5.37. The zero-order chi connectivity index (χ0) is 15.3. The number of para-hydroxylation sites is 1. The maximum atomic E-state index is 12.1. The molecule has 6 heteroatoms. The van der Waals surface area contributed by atoms with Crippen LogP contribution in [0.1, 0.15) is 30.6 Å². The number of carboxylic acid groups (broad SMARTS) is 1. The quantitative estimate of drug-likeness (QED) is 0.736. The molecular formula is C14H19NO5. The van der Waals surface area contributed by atoms with Gasteiger partial charge in [0, 0.05) is 6.04 Å². The second kappa shape index (κ2) is 6.79. The van der Waals surface area contributed by atoms with Crippen LogP contribution in [0.5, 0.6) is 11.5 Å². The van der Waals surface area contributed by atoms with Gasteiger partial charge < -0.3 is 20.3 Å². The lowest BCUT2D eigenvalue weighted by atomic mass is 10.0. The SMILES string of the molecule is COc1cccc(C(=O)NC(CC(=O)O)C(C)C)c1O. The number of ether oxygens (including phenoxy) is 1. The zero-order valence-electron chi connectivity index (χ0n) is 11.7. The van der Waals surface area contributed by atoms with Gasteiger partial charge in [0.05, 0.1) is 19.1 Å². The molecule has 1 aromatic rings. The van der Waals surface area contributed by atoms with Gasteiger partial charge in [0.15, 0.2) is 11.5 Å². The number of methoxy groups -OCH3 is 1. The van der Waals surface area contributed by atoms with E-state index in [-0.39, 0.29) is 29.4 Å². The molecule has 3 N–H and O–H groups in total. The van der Waals surface area contributed by atoms with Crippen LogP contribution in [0, 0.1) is 5.92 Å². The predicted molar refractivity (Wildman–Crippen MR) is 73.0 cm³/mol. The number of carboxylic acids is 1. The number of aliphatic carboxylic acids is 1. The standard InChI is InChI=1S/C14H19NO5/c1-8(2)10(7-12(16)17)15-14(19)9-5-4-6-11(20-3)13(9)18/h4-6,8,10,18H,7H2,1-3H3,(H,15,19)(H,16,17). The molecule has 20 heavy (non-hydrogen) atoms. The molecular weight excluding hydrogens is 262 g/mol.